The number of pyridine rings is 1. The molecule has 25 heavy (non-hydrogen) atoms. The van der Waals surface area contributed by atoms with Gasteiger partial charge in [-0.25, -0.2) is 9.78 Å². The Morgan fingerprint density at radius 3 is 2.76 bits per heavy atom. The largest absolute Gasteiger partial charge is 0.378 e. The summed E-state index contributed by atoms with van der Waals surface area (Å²) in [4.78, 5) is 22.2. The number of hydrogen-bond donors (Lipinski definition) is 3. The average molecular weight is 337 g/mol. The van der Waals surface area contributed by atoms with Crippen LogP contribution in [-0.4, -0.2) is 42.3 Å². The first-order chi connectivity index (χ1) is 12.3. The summed E-state index contributed by atoms with van der Waals surface area (Å²) < 4.78 is 5.38. The number of rotatable bonds is 3. The monoisotopic (exact) mass is 337 g/mol. The molecule has 7 heteroatoms. The molecule has 2 aromatic heterocycles. The first kappa shape index (κ1) is 15.5. The zero-order chi connectivity index (χ0) is 17.1. The van der Waals surface area contributed by atoms with Crippen molar-refractivity contribution in [3.8, 4) is 0 Å². The number of amides is 2. The lowest BCUT2D eigenvalue weighted by atomic mass is 10.2. The third-order valence-electron chi connectivity index (χ3n) is 4.19. The number of hydrogen-bond acceptors (Lipinski definition) is 4. The molecule has 0 unspecified atom stereocenters. The Morgan fingerprint density at radius 2 is 1.88 bits per heavy atom. The number of aromatic nitrogens is 2. The summed E-state index contributed by atoms with van der Waals surface area (Å²) in [5.74, 6) is 0.765. The van der Waals surface area contributed by atoms with Gasteiger partial charge in [0.25, 0.3) is 0 Å². The standard InChI is InChI=1S/C18H19N5O2/c24-18(21-15-4-1-3-14-13(15)6-8-19-14)22-16-5-2-7-20-17(16)23-9-11-25-12-10-23/h1-8,19H,9-12H2,(H2,21,22,24). The van der Waals surface area contributed by atoms with E-state index >= 15 is 0 Å². The normalized spacial score (nSPS) is 14.5. The Kier molecular flexibility index (Phi) is 4.22. The van der Waals surface area contributed by atoms with Gasteiger partial charge in [-0.1, -0.05) is 6.07 Å². The fraction of sp³-hybridized carbons (Fsp3) is 0.222. The van der Waals surface area contributed by atoms with Crippen LogP contribution in [0, 0.1) is 0 Å². The lowest BCUT2D eigenvalue weighted by molar-refractivity contribution is 0.122. The van der Waals surface area contributed by atoms with Crippen molar-refractivity contribution < 1.29 is 9.53 Å². The minimum atomic E-state index is -0.295. The van der Waals surface area contributed by atoms with Gasteiger partial charge in [0.05, 0.1) is 24.6 Å². The highest BCUT2D eigenvalue weighted by molar-refractivity contribution is 6.06. The fourth-order valence-corrected chi connectivity index (χ4v) is 2.99. The second kappa shape index (κ2) is 6.82. The Bertz CT molecular complexity index is 886. The number of H-pyrrole nitrogens is 1. The number of nitrogens with zero attached hydrogens (tertiary/aromatic N) is 2. The molecule has 0 bridgehead atoms. The van der Waals surface area contributed by atoms with Crippen LogP contribution in [-0.2, 0) is 4.74 Å². The summed E-state index contributed by atoms with van der Waals surface area (Å²) in [5, 5.41) is 6.79. The van der Waals surface area contributed by atoms with Gasteiger partial charge in [0.1, 0.15) is 0 Å². The van der Waals surface area contributed by atoms with Gasteiger partial charge in [-0.2, -0.15) is 0 Å². The molecule has 0 radical (unpaired) electrons. The van der Waals surface area contributed by atoms with Crippen molar-refractivity contribution in [1.29, 1.82) is 0 Å². The zero-order valence-electron chi connectivity index (χ0n) is 13.7. The maximum Gasteiger partial charge on any atom is 0.323 e. The second-order valence-electron chi connectivity index (χ2n) is 5.80. The van der Waals surface area contributed by atoms with Crippen LogP contribution in [0.3, 0.4) is 0 Å². The number of urea groups is 1. The van der Waals surface area contributed by atoms with Crippen molar-refractivity contribution in [2.75, 3.05) is 41.8 Å². The van der Waals surface area contributed by atoms with Crippen molar-refractivity contribution in [2.45, 2.75) is 0 Å². The molecule has 0 saturated carbocycles. The van der Waals surface area contributed by atoms with E-state index in [-0.39, 0.29) is 6.03 Å². The van der Waals surface area contributed by atoms with E-state index in [9.17, 15) is 4.79 Å². The van der Waals surface area contributed by atoms with Gasteiger partial charge in [-0.15, -0.1) is 0 Å². The van der Waals surface area contributed by atoms with E-state index < -0.39 is 0 Å². The van der Waals surface area contributed by atoms with E-state index in [4.69, 9.17) is 4.74 Å². The number of anilines is 3. The average Bonchev–Trinajstić information content (AvgIpc) is 3.13. The van der Waals surface area contributed by atoms with Gasteiger partial charge in [0.2, 0.25) is 0 Å². The van der Waals surface area contributed by atoms with Gasteiger partial charge in [-0.3, -0.25) is 0 Å². The molecule has 1 aliphatic rings. The summed E-state index contributed by atoms with van der Waals surface area (Å²) in [7, 11) is 0. The van der Waals surface area contributed by atoms with E-state index in [0.29, 0.717) is 18.9 Å². The van der Waals surface area contributed by atoms with Gasteiger partial charge >= 0.3 is 6.03 Å². The van der Waals surface area contributed by atoms with Crippen LogP contribution in [0.4, 0.5) is 22.0 Å². The number of benzene rings is 1. The zero-order valence-corrected chi connectivity index (χ0v) is 13.7. The summed E-state index contributed by atoms with van der Waals surface area (Å²) in [6.07, 6.45) is 3.58. The molecule has 128 valence electrons. The molecular weight excluding hydrogens is 318 g/mol. The first-order valence-electron chi connectivity index (χ1n) is 8.23. The lowest BCUT2D eigenvalue weighted by Gasteiger charge is -2.29. The lowest BCUT2D eigenvalue weighted by Crippen LogP contribution is -2.37. The SMILES string of the molecule is O=C(Nc1cccnc1N1CCOCC1)Nc1cccc2[nH]ccc12. The van der Waals surface area contributed by atoms with Gasteiger partial charge < -0.3 is 25.3 Å². The van der Waals surface area contributed by atoms with E-state index in [1.807, 2.05) is 42.6 Å². The summed E-state index contributed by atoms with van der Waals surface area (Å²) in [6, 6.07) is 11.1. The van der Waals surface area contributed by atoms with E-state index in [0.717, 1.165) is 35.5 Å². The van der Waals surface area contributed by atoms with Gasteiger partial charge in [0, 0.05) is 36.4 Å². The van der Waals surface area contributed by atoms with Crippen molar-refractivity contribution >= 4 is 34.1 Å². The highest BCUT2D eigenvalue weighted by Crippen LogP contribution is 2.25. The minimum Gasteiger partial charge on any atom is -0.378 e. The smallest absolute Gasteiger partial charge is 0.323 e. The molecule has 4 rings (SSSR count). The molecule has 2 amide bonds. The summed E-state index contributed by atoms with van der Waals surface area (Å²) >= 11 is 0. The molecular formula is C18H19N5O2. The van der Waals surface area contributed by atoms with Crippen molar-refractivity contribution in [2.24, 2.45) is 0 Å². The van der Waals surface area contributed by atoms with E-state index in [1.165, 1.54) is 0 Å². The van der Waals surface area contributed by atoms with Crippen LogP contribution in [0.5, 0.6) is 0 Å². The quantitative estimate of drug-likeness (QED) is 0.686. The topological polar surface area (TPSA) is 82.3 Å². The van der Waals surface area contributed by atoms with Crippen LogP contribution in [0.25, 0.3) is 10.9 Å². The predicted molar refractivity (Wildman–Crippen MR) is 98.2 cm³/mol. The van der Waals surface area contributed by atoms with E-state index in [2.05, 4.69) is 25.5 Å². The van der Waals surface area contributed by atoms with Gasteiger partial charge in [-0.05, 0) is 30.3 Å². The molecule has 3 heterocycles. The molecule has 1 saturated heterocycles. The minimum absolute atomic E-state index is 0.295. The number of morpholine rings is 1. The third kappa shape index (κ3) is 3.27. The van der Waals surface area contributed by atoms with Crippen molar-refractivity contribution in [1.82, 2.24) is 9.97 Å². The first-order valence-corrected chi connectivity index (χ1v) is 8.23. The third-order valence-corrected chi connectivity index (χ3v) is 4.19. The Morgan fingerprint density at radius 1 is 1.08 bits per heavy atom. The molecule has 1 aliphatic heterocycles. The van der Waals surface area contributed by atoms with Crippen molar-refractivity contribution in [3.63, 3.8) is 0 Å². The number of fused-ring (bicyclic) bond motifs is 1. The van der Waals surface area contributed by atoms with Gasteiger partial charge in [0.15, 0.2) is 5.82 Å². The van der Waals surface area contributed by atoms with Crippen LogP contribution in [0.2, 0.25) is 0 Å². The fourth-order valence-electron chi connectivity index (χ4n) is 2.99. The van der Waals surface area contributed by atoms with E-state index in [1.54, 1.807) is 6.20 Å². The molecule has 0 atom stereocenters. The molecule has 3 aromatic rings. The highest BCUT2D eigenvalue weighted by Gasteiger charge is 2.17. The van der Waals surface area contributed by atoms with Crippen LogP contribution >= 0.6 is 0 Å². The van der Waals surface area contributed by atoms with Crippen LogP contribution < -0.4 is 15.5 Å². The predicted octanol–water partition coefficient (Wildman–Crippen LogP) is 3.04. The molecule has 1 fully saturated rings. The van der Waals surface area contributed by atoms with Crippen LogP contribution in [0.1, 0.15) is 0 Å². The van der Waals surface area contributed by atoms with Crippen molar-refractivity contribution in [3.05, 3.63) is 48.8 Å². The molecule has 1 aromatic carbocycles. The molecule has 0 spiro atoms. The number of carbonyl (C=O) groups is 1. The Hall–Kier alpha value is -3.06. The molecule has 3 N–H and O–H groups in total. The van der Waals surface area contributed by atoms with Crippen LogP contribution in [0.15, 0.2) is 48.8 Å². The second-order valence-corrected chi connectivity index (χ2v) is 5.80. The summed E-state index contributed by atoms with van der Waals surface area (Å²) in [6.45, 7) is 2.85. The maximum atomic E-state index is 12.5. The highest BCUT2D eigenvalue weighted by atomic mass is 16.5. The Balaban J connectivity index is 1.52. The Labute approximate surface area is 145 Å². The number of aromatic amines is 1. The molecule has 0 aliphatic carbocycles. The number of ether oxygens (including phenoxy) is 1. The maximum absolute atomic E-state index is 12.5. The number of nitrogens with one attached hydrogen (secondary N) is 3. The number of carbonyl (C=O) groups excluding carboxylic acids is 1. The summed E-state index contributed by atoms with van der Waals surface area (Å²) in [5.41, 5.74) is 2.42. The molecule has 7 nitrogen and oxygen atoms in total.